The van der Waals surface area contributed by atoms with Gasteiger partial charge in [-0.2, -0.15) is 0 Å². The first-order valence-corrected chi connectivity index (χ1v) is 14.4. The van der Waals surface area contributed by atoms with E-state index in [1.807, 2.05) is 30.0 Å². The molecule has 2 aromatic rings. The van der Waals surface area contributed by atoms with Crippen molar-refractivity contribution in [2.75, 3.05) is 26.7 Å². The highest BCUT2D eigenvalue weighted by molar-refractivity contribution is 5.82. The molecule has 5 heteroatoms. The Balaban J connectivity index is 1.96. The second-order valence-corrected chi connectivity index (χ2v) is 10.2. The van der Waals surface area contributed by atoms with Crippen molar-refractivity contribution in [1.29, 1.82) is 0 Å². The van der Waals surface area contributed by atoms with Gasteiger partial charge >= 0.3 is 0 Å². The van der Waals surface area contributed by atoms with Gasteiger partial charge in [0.1, 0.15) is 6.10 Å². The van der Waals surface area contributed by atoms with Gasteiger partial charge in [0.2, 0.25) is 5.91 Å². The van der Waals surface area contributed by atoms with Crippen LogP contribution in [0.15, 0.2) is 54.6 Å². The molecule has 0 aromatic heterocycles. The second kappa shape index (κ2) is 15.6. The largest absolute Gasteiger partial charge is 0.369 e. The number of unbranched alkanes of at least 4 members (excludes halogenated alkanes) is 3. The summed E-state index contributed by atoms with van der Waals surface area (Å²) in [6.45, 7) is 6.22. The number of nitrogens with one attached hydrogen (secondary N) is 1. The number of ether oxygens (including phenoxy) is 1. The quantitative estimate of drug-likeness (QED) is 0.295. The van der Waals surface area contributed by atoms with E-state index < -0.39 is 6.10 Å². The van der Waals surface area contributed by atoms with E-state index in [2.05, 4.69) is 48.6 Å². The maximum absolute atomic E-state index is 13.6. The highest BCUT2D eigenvalue weighted by Crippen LogP contribution is 2.36. The Labute approximate surface area is 224 Å². The summed E-state index contributed by atoms with van der Waals surface area (Å²) in [6.07, 6.45) is 8.47. The molecule has 0 aliphatic carbocycles. The molecule has 3 atom stereocenters. The maximum atomic E-state index is 13.6. The fraction of sp³-hybridized carbons (Fsp3) is 0.562. The van der Waals surface area contributed by atoms with Crippen LogP contribution in [-0.2, 0) is 14.3 Å². The summed E-state index contributed by atoms with van der Waals surface area (Å²) in [6, 6.07) is 18.8. The van der Waals surface area contributed by atoms with Gasteiger partial charge in [-0.05, 0) is 61.6 Å². The van der Waals surface area contributed by atoms with E-state index in [0.717, 1.165) is 68.3 Å². The molecule has 1 aliphatic rings. The van der Waals surface area contributed by atoms with Crippen LogP contribution in [-0.4, -0.2) is 49.6 Å². The molecule has 1 fully saturated rings. The summed E-state index contributed by atoms with van der Waals surface area (Å²) < 4.78 is 6.11. The molecule has 2 aromatic carbocycles. The van der Waals surface area contributed by atoms with Gasteiger partial charge in [0.05, 0.1) is 0 Å². The van der Waals surface area contributed by atoms with Crippen LogP contribution in [0.25, 0.3) is 11.1 Å². The molecular weight excluding hydrogens is 460 g/mol. The van der Waals surface area contributed by atoms with Gasteiger partial charge in [0, 0.05) is 32.7 Å². The van der Waals surface area contributed by atoms with Crippen molar-refractivity contribution in [3.8, 4) is 11.1 Å². The van der Waals surface area contributed by atoms with Gasteiger partial charge < -0.3 is 15.0 Å². The minimum absolute atomic E-state index is 0.0484. The Morgan fingerprint density at radius 1 is 0.919 bits per heavy atom. The van der Waals surface area contributed by atoms with Crippen LogP contribution in [0.2, 0.25) is 0 Å². The Morgan fingerprint density at radius 3 is 2.32 bits per heavy atom. The lowest BCUT2D eigenvalue weighted by Crippen LogP contribution is -2.44. The van der Waals surface area contributed by atoms with Crippen LogP contribution in [0.1, 0.15) is 83.1 Å². The van der Waals surface area contributed by atoms with E-state index in [4.69, 9.17) is 4.74 Å². The summed E-state index contributed by atoms with van der Waals surface area (Å²) in [7, 11) is 1.72. The summed E-state index contributed by atoms with van der Waals surface area (Å²) in [5.74, 6) is -0.208. The Morgan fingerprint density at radius 2 is 1.65 bits per heavy atom. The van der Waals surface area contributed by atoms with Crippen LogP contribution in [0.4, 0.5) is 0 Å². The van der Waals surface area contributed by atoms with E-state index in [1.165, 1.54) is 12.8 Å². The lowest BCUT2D eigenvalue weighted by Gasteiger charge is -2.34. The van der Waals surface area contributed by atoms with E-state index in [0.29, 0.717) is 13.0 Å². The minimum Gasteiger partial charge on any atom is -0.369 e. The van der Waals surface area contributed by atoms with Crippen molar-refractivity contribution < 1.29 is 14.3 Å². The van der Waals surface area contributed by atoms with E-state index in [-0.39, 0.29) is 23.7 Å². The zero-order chi connectivity index (χ0) is 26.5. The Hall–Kier alpha value is -2.66. The fourth-order valence-electron chi connectivity index (χ4n) is 5.59. The molecule has 0 bridgehead atoms. The lowest BCUT2D eigenvalue weighted by molar-refractivity contribution is -0.146. The highest BCUT2D eigenvalue weighted by atomic mass is 16.5. The number of carbonyl (C=O) groups excluding carboxylic acids is 2. The summed E-state index contributed by atoms with van der Waals surface area (Å²) in [4.78, 5) is 28.9. The normalized spacial score (nSPS) is 16.1. The van der Waals surface area contributed by atoms with E-state index in [1.54, 1.807) is 7.05 Å². The maximum Gasteiger partial charge on any atom is 0.251 e. The van der Waals surface area contributed by atoms with Crippen molar-refractivity contribution >= 4 is 11.8 Å². The first-order valence-electron chi connectivity index (χ1n) is 14.4. The Bertz CT molecular complexity index is 956. The number of piperidine rings is 1. The standard InChI is InChI=1S/C32H46N2O3/c1-4-6-7-12-20-28(31(35)33-3)29(24-30(37-5-2)32(36)34-21-13-9-14-22-34)27-19-15-18-26(23-27)25-16-10-8-11-17-25/h8,10-11,15-19,23,28-30H,4-7,9,12-14,20-22,24H2,1-3H3,(H,33,35). The van der Waals surface area contributed by atoms with Gasteiger partial charge in [0.15, 0.2) is 0 Å². The summed E-state index contributed by atoms with van der Waals surface area (Å²) in [5.41, 5.74) is 3.37. The first-order chi connectivity index (χ1) is 18.1. The molecule has 5 nitrogen and oxygen atoms in total. The van der Waals surface area contributed by atoms with Crippen LogP contribution < -0.4 is 5.32 Å². The molecule has 202 valence electrons. The van der Waals surface area contributed by atoms with Gasteiger partial charge in [-0.25, -0.2) is 0 Å². The fourth-order valence-corrected chi connectivity index (χ4v) is 5.59. The van der Waals surface area contributed by atoms with Gasteiger partial charge in [-0.1, -0.05) is 87.2 Å². The molecule has 1 N–H and O–H groups in total. The highest BCUT2D eigenvalue weighted by Gasteiger charge is 2.35. The number of carbonyl (C=O) groups is 2. The zero-order valence-electron chi connectivity index (χ0n) is 23.1. The predicted octanol–water partition coefficient (Wildman–Crippen LogP) is 6.58. The molecule has 0 radical (unpaired) electrons. The molecule has 1 saturated heterocycles. The summed E-state index contributed by atoms with van der Waals surface area (Å²) in [5, 5.41) is 2.93. The van der Waals surface area contributed by atoms with Crippen molar-refractivity contribution in [3.63, 3.8) is 0 Å². The van der Waals surface area contributed by atoms with Crippen molar-refractivity contribution in [3.05, 3.63) is 60.2 Å². The summed E-state index contributed by atoms with van der Waals surface area (Å²) >= 11 is 0. The van der Waals surface area contributed by atoms with Gasteiger partial charge in [0.25, 0.3) is 5.91 Å². The average Bonchev–Trinajstić information content (AvgIpc) is 2.96. The third-order valence-electron chi connectivity index (χ3n) is 7.64. The third-order valence-corrected chi connectivity index (χ3v) is 7.64. The molecule has 0 saturated carbocycles. The Kier molecular flexibility index (Phi) is 12.2. The average molecular weight is 507 g/mol. The number of amides is 2. The van der Waals surface area contributed by atoms with E-state index in [9.17, 15) is 9.59 Å². The van der Waals surface area contributed by atoms with Crippen LogP contribution in [0.5, 0.6) is 0 Å². The number of nitrogens with zero attached hydrogens (tertiary/aromatic N) is 1. The number of benzene rings is 2. The third kappa shape index (κ3) is 8.43. The monoisotopic (exact) mass is 506 g/mol. The molecule has 0 spiro atoms. The number of rotatable bonds is 14. The van der Waals surface area contributed by atoms with Gasteiger partial charge in [-0.3, -0.25) is 9.59 Å². The van der Waals surface area contributed by atoms with Crippen molar-refractivity contribution in [2.45, 2.75) is 83.7 Å². The molecule has 2 amide bonds. The van der Waals surface area contributed by atoms with Crippen molar-refractivity contribution in [2.24, 2.45) is 5.92 Å². The van der Waals surface area contributed by atoms with Crippen LogP contribution in [0.3, 0.4) is 0 Å². The zero-order valence-corrected chi connectivity index (χ0v) is 23.1. The minimum atomic E-state index is -0.545. The molecular formula is C32H46N2O3. The predicted molar refractivity (Wildman–Crippen MR) is 151 cm³/mol. The number of hydrogen-bond acceptors (Lipinski definition) is 3. The first kappa shape index (κ1) is 28.9. The van der Waals surface area contributed by atoms with E-state index >= 15 is 0 Å². The number of hydrogen-bond donors (Lipinski definition) is 1. The van der Waals surface area contributed by atoms with Crippen LogP contribution in [0, 0.1) is 5.92 Å². The van der Waals surface area contributed by atoms with Crippen LogP contribution >= 0.6 is 0 Å². The molecule has 3 unspecified atom stereocenters. The SMILES string of the molecule is CCCCCCC(C(=O)NC)C(CC(OCC)C(=O)N1CCCCC1)c1cccc(-c2ccccc2)c1. The smallest absolute Gasteiger partial charge is 0.251 e. The molecule has 1 heterocycles. The topological polar surface area (TPSA) is 58.6 Å². The van der Waals surface area contributed by atoms with Crippen molar-refractivity contribution in [1.82, 2.24) is 10.2 Å². The number of likely N-dealkylation sites (tertiary alicyclic amines) is 1. The molecule has 1 aliphatic heterocycles. The molecule has 37 heavy (non-hydrogen) atoms. The second-order valence-electron chi connectivity index (χ2n) is 10.2. The molecule has 3 rings (SSSR count). The lowest BCUT2D eigenvalue weighted by atomic mass is 9.77. The van der Waals surface area contributed by atoms with Gasteiger partial charge in [-0.15, -0.1) is 0 Å².